The summed E-state index contributed by atoms with van der Waals surface area (Å²) in [7, 11) is 0. The molecule has 0 atom stereocenters. The zero-order valence-corrected chi connectivity index (χ0v) is 12.0. The second-order valence-electron chi connectivity index (χ2n) is 4.20. The molecule has 3 aromatic rings. The van der Waals surface area contributed by atoms with Crippen LogP contribution < -0.4 is 4.74 Å². The SMILES string of the molecule is N#Cc1cc(Oc2cccc(Br)c2)nc2ccccc12. The van der Waals surface area contributed by atoms with Crippen LogP contribution in [0.25, 0.3) is 10.9 Å². The Morgan fingerprint density at radius 3 is 2.70 bits per heavy atom. The molecule has 0 aliphatic heterocycles. The van der Waals surface area contributed by atoms with Gasteiger partial charge in [-0.1, -0.05) is 40.2 Å². The second kappa shape index (κ2) is 5.32. The van der Waals surface area contributed by atoms with Crippen LogP contribution in [0, 0.1) is 11.3 Å². The van der Waals surface area contributed by atoms with E-state index in [9.17, 15) is 5.26 Å². The molecule has 2 aromatic carbocycles. The standard InChI is InChI=1S/C16H9BrN2O/c17-12-4-3-5-13(9-12)20-16-8-11(10-18)14-6-1-2-7-15(14)19-16/h1-9H. The number of halogens is 1. The summed E-state index contributed by atoms with van der Waals surface area (Å²) in [4.78, 5) is 4.42. The highest BCUT2D eigenvalue weighted by Crippen LogP contribution is 2.26. The van der Waals surface area contributed by atoms with E-state index in [1.165, 1.54) is 0 Å². The maximum absolute atomic E-state index is 9.23. The average Bonchev–Trinajstić information content (AvgIpc) is 2.46. The molecule has 0 aliphatic carbocycles. The van der Waals surface area contributed by atoms with Gasteiger partial charge in [0.2, 0.25) is 5.88 Å². The van der Waals surface area contributed by atoms with E-state index in [0.717, 1.165) is 15.4 Å². The zero-order valence-electron chi connectivity index (χ0n) is 10.4. The monoisotopic (exact) mass is 324 g/mol. The van der Waals surface area contributed by atoms with Crippen molar-refractivity contribution in [1.29, 1.82) is 5.26 Å². The molecule has 1 heterocycles. The van der Waals surface area contributed by atoms with Crippen LogP contribution in [-0.2, 0) is 0 Å². The number of pyridine rings is 1. The molecule has 0 saturated heterocycles. The molecule has 0 aliphatic rings. The van der Waals surface area contributed by atoms with Crippen LogP contribution >= 0.6 is 15.9 Å². The molecular formula is C16H9BrN2O. The molecule has 0 fully saturated rings. The van der Waals surface area contributed by atoms with Crippen molar-refractivity contribution in [3.8, 4) is 17.7 Å². The number of hydrogen-bond donors (Lipinski definition) is 0. The normalized spacial score (nSPS) is 10.2. The Morgan fingerprint density at radius 2 is 1.90 bits per heavy atom. The molecule has 0 spiro atoms. The summed E-state index contributed by atoms with van der Waals surface area (Å²) in [5.41, 5.74) is 1.30. The number of aromatic nitrogens is 1. The van der Waals surface area contributed by atoms with Crippen LogP contribution in [0.4, 0.5) is 0 Å². The first kappa shape index (κ1) is 12.6. The van der Waals surface area contributed by atoms with E-state index >= 15 is 0 Å². The van der Waals surface area contributed by atoms with E-state index in [-0.39, 0.29) is 0 Å². The van der Waals surface area contributed by atoms with Crippen molar-refractivity contribution >= 4 is 26.8 Å². The molecule has 1 aromatic heterocycles. The van der Waals surface area contributed by atoms with E-state index in [1.807, 2.05) is 48.5 Å². The Morgan fingerprint density at radius 1 is 1.05 bits per heavy atom. The average molecular weight is 325 g/mol. The molecule has 4 heteroatoms. The van der Waals surface area contributed by atoms with Gasteiger partial charge in [-0.25, -0.2) is 4.98 Å². The summed E-state index contributed by atoms with van der Waals surface area (Å²) >= 11 is 3.39. The van der Waals surface area contributed by atoms with Gasteiger partial charge in [0.15, 0.2) is 0 Å². The smallest absolute Gasteiger partial charge is 0.221 e. The van der Waals surface area contributed by atoms with Gasteiger partial charge in [0.1, 0.15) is 11.8 Å². The fourth-order valence-electron chi connectivity index (χ4n) is 1.95. The van der Waals surface area contributed by atoms with Crippen LogP contribution in [0.5, 0.6) is 11.6 Å². The van der Waals surface area contributed by atoms with Crippen molar-refractivity contribution in [2.45, 2.75) is 0 Å². The number of ether oxygens (including phenoxy) is 1. The van der Waals surface area contributed by atoms with Gasteiger partial charge in [-0.05, 0) is 24.3 Å². The minimum atomic E-state index is 0.415. The molecule has 96 valence electrons. The summed E-state index contributed by atoms with van der Waals surface area (Å²) in [5, 5.41) is 10.1. The molecule has 3 nitrogen and oxygen atoms in total. The number of nitriles is 1. The third kappa shape index (κ3) is 2.49. The first-order valence-corrected chi connectivity index (χ1v) is 6.79. The van der Waals surface area contributed by atoms with Gasteiger partial charge < -0.3 is 4.74 Å². The number of fused-ring (bicyclic) bond motifs is 1. The van der Waals surface area contributed by atoms with E-state index in [0.29, 0.717) is 17.2 Å². The number of hydrogen-bond acceptors (Lipinski definition) is 3. The van der Waals surface area contributed by atoms with Gasteiger partial charge in [0.25, 0.3) is 0 Å². The Balaban J connectivity index is 2.06. The molecule has 0 bridgehead atoms. The minimum absolute atomic E-state index is 0.415. The van der Waals surface area contributed by atoms with E-state index in [2.05, 4.69) is 27.0 Å². The van der Waals surface area contributed by atoms with Crippen molar-refractivity contribution in [1.82, 2.24) is 4.98 Å². The topological polar surface area (TPSA) is 45.9 Å². The Hall–Kier alpha value is -2.38. The Kier molecular flexibility index (Phi) is 3.36. The summed E-state index contributed by atoms with van der Waals surface area (Å²) in [6.45, 7) is 0. The second-order valence-corrected chi connectivity index (χ2v) is 5.11. The first-order valence-electron chi connectivity index (χ1n) is 5.99. The molecule has 0 radical (unpaired) electrons. The maximum Gasteiger partial charge on any atom is 0.221 e. The van der Waals surface area contributed by atoms with Crippen molar-refractivity contribution in [2.75, 3.05) is 0 Å². The lowest BCUT2D eigenvalue weighted by Crippen LogP contribution is -1.91. The van der Waals surface area contributed by atoms with Crippen molar-refractivity contribution in [3.63, 3.8) is 0 Å². The van der Waals surface area contributed by atoms with Gasteiger partial charge >= 0.3 is 0 Å². The molecule has 0 unspecified atom stereocenters. The van der Waals surface area contributed by atoms with Gasteiger partial charge in [-0.3, -0.25) is 0 Å². The van der Waals surface area contributed by atoms with E-state index in [1.54, 1.807) is 6.07 Å². The Labute approximate surface area is 124 Å². The lowest BCUT2D eigenvalue weighted by Gasteiger charge is -2.07. The van der Waals surface area contributed by atoms with Gasteiger partial charge in [-0.2, -0.15) is 5.26 Å². The fourth-order valence-corrected chi connectivity index (χ4v) is 2.33. The third-order valence-electron chi connectivity index (χ3n) is 2.83. The molecule has 0 N–H and O–H groups in total. The lowest BCUT2D eigenvalue weighted by atomic mass is 10.1. The van der Waals surface area contributed by atoms with E-state index in [4.69, 9.17) is 4.74 Å². The summed E-state index contributed by atoms with van der Waals surface area (Å²) in [5.74, 6) is 1.09. The van der Waals surface area contributed by atoms with Crippen LogP contribution in [-0.4, -0.2) is 4.98 Å². The van der Waals surface area contributed by atoms with Crippen molar-refractivity contribution in [2.24, 2.45) is 0 Å². The fraction of sp³-hybridized carbons (Fsp3) is 0. The van der Waals surface area contributed by atoms with Gasteiger partial charge in [-0.15, -0.1) is 0 Å². The number of nitrogens with zero attached hydrogens (tertiary/aromatic N) is 2. The lowest BCUT2D eigenvalue weighted by molar-refractivity contribution is 0.464. The number of para-hydroxylation sites is 1. The molecular weight excluding hydrogens is 316 g/mol. The molecule has 0 saturated carbocycles. The van der Waals surface area contributed by atoms with E-state index < -0.39 is 0 Å². The summed E-state index contributed by atoms with van der Waals surface area (Å²) in [6.07, 6.45) is 0. The number of rotatable bonds is 2. The summed E-state index contributed by atoms with van der Waals surface area (Å²) in [6, 6.07) is 18.8. The van der Waals surface area contributed by atoms with Crippen LogP contribution in [0.3, 0.4) is 0 Å². The largest absolute Gasteiger partial charge is 0.439 e. The zero-order chi connectivity index (χ0) is 13.9. The highest BCUT2D eigenvalue weighted by Gasteiger charge is 2.07. The molecule has 0 amide bonds. The van der Waals surface area contributed by atoms with Gasteiger partial charge in [0, 0.05) is 15.9 Å². The highest BCUT2D eigenvalue weighted by molar-refractivity contribution is 9.10. The predicted molar refractivity (Wildman–Crippen MR) is 80.7 cm³/mol. The maximum atomic E-state index is 9.23. The van der Waals surface area contributed by atoms with Crippen molar-refractivity contribution < 1.29 is 4.74 Å². The van der Waals surface area contributed by atoms with Crippen LogP contribution in [0.15, 0.2) is 59.1 Å². The van der Waals surface area contributed by atoms with Crippen LogP contribution in [0.2, 0.25) is 0 Å². The van der Waals surface area contributed by atoms with Gasteiger partial charge in [0.05, 0.1) is 11.1 Å². The predicted octanol–water partition coefficient (Wildman–Crippen LogP) is 4.66. The molecule has 3 rings (SSSR count). The number of benzene rings is 2. The first-order chi connectivity index (χ1) is 9.76. The van der Waals surface area contributed by atoms with Crippen molar-refractivity contribution in [3.05, 3.63) is 64.6 Å². The third-order valence-corrected chi connectivity index (χ3v) is 3.32. The minimum Gasteiger partial charge on any atom is -0.439 e. The summed E-state index contributed by atoms with van der Waals surface area (Å²) < 4.78 is 6.64. The highest BCUT2D eigenvalue weighted by atomic mass is 79.9. The van der Waals surface area contributed by atoms with Crippen LogP contribution in [0.1, 0.15) is 5.56 Å². The molecule has 20 heavy (non-hydrogen) atoms. The Bertz CT molecular complexity index is 824. The quantitative estimate of drug-likeness (QED) is 0.688.